The van der Waals surface area contributed by atoms with Crippen LogP contribution in [-0.4, -0.2) is 57.3 Å². The first kappa shape index (κ1) is 19.4. The number of aryl methyl sites for hydroxylation is 1. The van der Waals surface area contributed by atoms with Crippen LogP contribution in [0.25, 0.3) is 0 Å². The Bertz CT molecular complexity index is 913. The number of methoxy groups -OCH3 is 1. The summed E-state index contributed by atoms with van der Waals surface area (Å²) in [6.07, 6.45) is 2.79. The molecule has 1 amide bonds. The third-order valence-corrected chi connectivity index (χ3v) is 6.12. The van der Waals surface area contributed by atoms with Crippen molar-refractivity contribution >= 4 is 11.9 Å². The number of aromatic nitrogens is 3. The summed E-state index contributed by atoms with van der Waals surface area (Å²) in [5.74, 6) is -0.378. The molecule has 0 radical (unpaired) electrons. The van der Waals surface area contributed by atoms with Crippen molar-refractivity contribution in [1.82, 2.24) is 19.7 Å². The van der Waals surface area contributed by atoms with Gasteiger partial charge in [-0.15, -0.1) is 5.10 Å². The van der Waals surface area contributed by atoms with Crippen molar-refractivity contribution in [2.24, 2.45) is 12.5 Å². The molecule has 8 heteroatoms. The minimum Gasteiger partial charge on any atom is -0.467 e. The van der Waals surface area contributed by atoms with E-state index in [0.29, 0.717) is 19.4 Å². The van der Waals surface area contributed by atoms with Gasteiger partial charge in [-0.3, -0.25) is 9.59 Å². The number of rotatable bonds is 6. The van der Waals surface area contributed by atoms with Gasteiger partial charge in [0.15, 0.2) is 0 Å². The maximum atomic E-state index is 13.3. The van der Waals surface area contributed by atoms with Crippen LogP contribution in [0.2, 0.25) is 0 Å². The lowest BCUT2D eigenvalue weighted by atomic mass is 9.70. The number of ether oxygens (including phenoxy) is 2. The number of benzene rings is 1. The van der Waals surface area contributed by atoms with Gasteiger partial charge in [0.1, 0.15) is 0 Å². The second-order valence-electron chi connectivity index (χ2n) is 7.75. The van der Waals surface area contributed by atoms with Crippen molar-refractivity contribution < 1.29 is 19.1 Å². The fourth-order valence-electron chi connectivity index (χ4n) is 4.96. The Labute approximate surface area is 169 Å². The molecule has 29 heavy (non-hydrogen) atoms. The van der Waals surface area contributed by atoms with E-state index in [1.807, 2.05) is 42.2 Å². The first-order valence-electron chi connectivity index (χ1n) is 9.99. The van der Waals surface area contributed by atoms with Crippen molar-refractivity contribution in [3.8, 4) is 6.01 Å². The summed E-state index contributed by atoms with van der Waals surface area (Å²) < 4.78 is 12.1. The minimum absolute atomic E-state index is 0.0181. The predicted octanol–water partition coefficient (Wildman–Crippen LogP) is 1.99. The van der Waals surface area contributed by atoms with E-state index in [1.54, 1.807) is 7.05 Å². The first-order valence-corrected chi connectivity index (χ1v) is 9.99. The number of esters is 1. The lowest BCUT2D eigenvalue weighted by Crippen LogP contribution is -2.47. The smallest absolute Gasteiger partial charge is 0.314 e. The SMILES string of the molecule is CCOC(=O)[C@@]1(Cc2ccccc2)C[C@H]2CC[C@@H]1N2C(=O)c1nc(OC)n(C)n1. The van der Waals surface area contributed by atoms with Gasteiger partial charge in [-0.2, -0.15) is 4.98 Å². The highest BCUT2D eigenvalue weighted by Gasteiger charge is 2.62. The van der Waals surface area contributed by atoms with Crippen LogP contribution in [0.4, 0.5) is 0 Å². The highest BCUT2D eigenvalue weighted by molar-refractivity contribution is 5.93. The van der Waals surface area contributed by atoms with Crippen LogP contribution in [0.1, 0.15) is 42.4 Å². The van der Waals surface area contributed by atoms with Crippen molar-refractivity contribution in [3.63, 3.8) is 0 Å². The average molecular weight is 398 g/mol. The van der Waals surface area contributed by atoms with Crippen LogP contribution >= 0.6 is 0 Å². The van der Waals surface area contributed by atoms with Gasteiger partial charge in [0.05, 0.1) is 19.1 Å². The van der Waals surface area contributed by atoms with Crippen LogP contribution in [0.15, 0.2) is 30.3 Å². The maximum Gasteiger partial charge on any atom is 0.314 e. The molecule has 1 aromatic carbocycles. The summed E-state index contributed by atoms with van der Waals surface area (Å²) in [6.45, 7) is 2.13. The molecule has 3 heterocycles. The highest BCUT2D eigenvalue weighted by Crippen LogP contribution is 2.52. The summed E-state index contributed by atoms with van der Waals surface area (Å²) in [5.41, 5.74) is 0.326. The molecule has 1 aromatic heterocycles. The minimum atomic E-state index is -0.741. The zero-order chi connectivity index (χ0) is 20.6. The molecule has 4 rings (SSSR count). The molecule has 0 aliphatic carbocycles. The number of carbonyl (C=O) groups excluding carboxylic acids is 2. The predicted molar refractivity (Wildman–Crippen MR) is 104 cm³/mol. The molecule has 2 aliphatic rings. The van der Waals surface area contributed by atoms with Gasteiger partial charge in [-0.05, 0) is 38.2 Å². The standard InChI is InChI=1S/C21H26N4O4/c1-4-29-19(27)21(12-14-8-6-5-7-9-14)13-15-10-11-16(21)25(15)18(26)17-22-20(28-3)24(2)23-17/h5-9,15-16H,4,10-13H2,1-3H3/t15-,16+,21+/m1/s1. The zero-order valence-electron chi connectivity index (χ0n) is 17.0. The number of nitrogens with zero attached hydrogens (tertiary/aromatic N) is 4. The Hall–Kier alpha value is -2.90. The van der Waals surface area contributed by atoms with Crippen LogP contribution in [0.3, 0.4) is 0 Å². The van der Waals surface area contributed by atoms with Crippen molar-refractivity contribution in [2.45, 2.75) is 44.7 Å². The number of carbonyl (C=O) groups is 2. The molecule has 0 unspecified atom stereocenters. The fraction of sp³-hybridized carbons (Fsp3) is 0.524. The van der Waals surface area contributed by atoms with Crippen molar-refractivity contribution in [3.05, 3.63) is 41.7 Å². The van der Waals surface area contributed by atoms with E-state index in [0.717, 1.165) is 18.4 Å². The summed E-state index contributed by atoms with van der Waals surface area (Å²) in [5, 5.41) is 4.21. The Morgan fingerprint density at radius 1 is 1.24 bits per heavy atom. The summed E-state index contributed by atoms with van der Waals surface area (Å²) in [7, 11) is 3.17. The molecule has 2 aliphatic heterocycles. The largest absolute Gasteiger partial charge is 0.467 e. The first-order chi connectivity index (χ1) is 14.0. The molecule has 154 valence electrons. The van der Waals surface area contributed by atoms with Crippen molar-refractivity contribution in [1.29, 1.82) is 0 Å². The fourth-order valence-corrected chi connectivity index (χ4v) is 4.96. The topological polar surface area (TPSA) is 86.5 Å². The zero-order valence-corrected chi connectivity index (χ0v) is 17.0. The molecule has 3 atom stereocenters. The number of hydrogen-bond donors (Lipinski definition) is 0. The van der Waals surface area contributed by atoms with E-state index in [2.05, 4.69) is 10.1 Å². The van der Waals surface area contributed by atoms with Gasteiger partial charge in [0.2, 0.25) is 5.82 Å². The van der Waals surface area contributed by atoms with Gasteiger partial charge in [-0.1, -0.05) is 30.3 Å². The quantitative estimate of drug-likeness (QED) is 0.692. The van der Waals surface area contributed by atoms with Crippen LogP contribution in [0, 0.1) is 5.41 Å². The number of fused-ring (bicyclic) bond motifs is 2. The molecule has 8 nitrogen and oxygen atoms in total. The van der Waals surface area contributed by atoms with E-state index in [4.69, 9.17) is 9.47 Å². The Kier molecular flexibility index (Phi) is 5.02. The molecule has 2 fully saturated rings. The third-order valence-electron chi connectivity index (χ3n) is 6.12. The maximum absolute atomic E-state index is 13.3. The molecule has 0 saturated carbocycles. The van der Waals surface area contributed by atoms with Gasteiger partial charge in [0.25, 0.3) is 5.91 Å². The van der Waals surface area contributed by atoms with Gasteiger partial charge in [-0.25, -0.2) is 4.68 Å². The van der Waals surface area contributed by atoms with Gasteiger partial charge >= 0.3 is 12.0 Å². The monoisotopic (exact) mass is 398 g/mol. The van der Waals surface area contributed by atoms with E-state index in [-0.39, 0.29) is 35.8 Å². The molecular weight excluding hydrogens is 372 g/mol. The Balaban J connectivity index is 1.68. The molecule has 2 bridgehead atoms. The second kappa shape index (κ2) is 7.50. The van der Waals surface area contributed by atoms with Gasteiger partial charge < -0.3 is 14.4 Å². The average Bonchev–Trinajstić information content (AvgIpc) is 3.39. The number of hydrogen-bond acceptors (Lipinski definition) is 6. The Morgan fingerprint density at radius 3 is 2.66 bits per heavy atom. The van der Waals surface area contributed by atoms with Crippen molar-refractivity contribution in [2.75, 3.05) is 13.7 Å². The number of amides is 1. The van der Waals surface area contributed by atoms with E-state index >= 15 is 0 Å². The molecule has 2 aromatic rings. The molecule has 2 saturated heterocycles. The summed E-state index contributed by atoms with van der Waals surface area (Å²) in [4.78, 5) is 32.5. The van der Waals surface area contributed by atoms with E-state index in [9.17, 15) is 9.59 Å². The summed E-state index contributed by atoms with van der Waals surface area (Å²) in [6, 6.07) is 9.96. The van der Waals surface area contributed by atoms with E-state index in [1.165, 1.54) is 11.8 Å². The molecule has 0 spiro atoms. The molecule has 0 N–H and O–H groups in total. The third kappa shape index (κ3) is 3.16. The lowest BCUT2D eigenvalue weighted by Gasteiger charge is -2.35. The normalized spacial score (nSPS) is 25.3. The molecular formula is C21H26N4O4. The lowest BCUT2D eigenvalue weighted by molar-refractivity contribution is -0.157. The summed E-state index contributed by atoms with van der Waals surface area (Å²) >= 11 is 0. The second-order valence-corrected chi connectivity index (χ2v) is 7.75. The van der Waals surface area contributed by atoms with Crippen LogP contribution in [0.5, 0.6) is 6.01 Å². The van der Waals surface area contributed by atoms with Crippen LogP contribution in [-0.2, 0) is 23.0 Å². The van der Waals surface area contributed by atoms with Crippen LogP contribution < -0.4 is 4.74 Å². The van der Waals surface area contributed by atoms with E-state index < -0.39 is 5.41 Å². The van der Waals surface area contributed by atoms with Gasteiger partial charge in [0, 0.05) is 19.1 Å². The Morgan fingerprint density at radius 2 is 2.00 bits per heavy atom. The highest BCUT2D eigenvalue weighted by atomic mass is 16.5.